The summed E-state index contributed by atoms with van der Waals surface area (Å²) in [6.07, 6.45) is -2.27. The van der Waals surface area contributed by atoms with Gasteiger partial charge in [0.05, 0.1) is 13.1 Å². The van der Waals surface area contributed by atoms with Gasteiger partial charge >= 0.3 is 6.18 Å². The molecule has 0 spiro atoms. The highest BCUT2D eigenvalue weighted by Crippen LogP contribution is 2.33. The van der Waals surface area contributed by atoms with Crippen molar-refractivity contribution in [3.8, 4) is 0 Å². The predicted octanol–water partition coefficient (Wildman–Crippen LogP) is 6.99. The molecule has 1 fully saturated rings. The first kappa shape index (κ1) is 32.5. The zero-order valence-corrected chi connectivity index (χ0v) is 28.4. The monoisotopic (exact) mass is 817 g/mol. The number of aromatic nitrogens is 1. The number of anilines is 2. The summed E-state index contributed by atoms with van der Waals surface area (Å²) in [7, 11) is 1.17. The fourth-order valence-electron chi connectivity index (χ4n) is 5.12. The molecule has 1 aliphatic heterocycles. The highest BCUT2D eigenvalue weighted by molar-refractivity contribution is 14.2. The Balaban J connectivity index is 1.68. The van der Waals surface area contributed by atoms with E-state index < -0.39 is 25.1 Å². The van der Waals surface area contributed by atoms with Crippen molar-refractivity contribution in [3.63, 3.8) is 0 Å². The molecule has 0 aliphatic carbocycles. The summed E-state index contributed by atoms with van der Waals surface area (Å²) in [5.74, 6) is 0.688. The maximum atomic E-state index is 14.1. The number of aryl methyl sites for hydroxylation is 1. The molecule has 2 heterocycles. The van der Waals surface area contributed by atoms with Crippen molar-refractivity contribution in [1.29, 1.82) is 0 Å². The van der Waals surface area contributed by atoms with Crippen LogP contribution in [0.5, 0.6) is 0 Å². The molecule has 13 heteroatoms. The Bertz CT molecular complexity index is 1500. The van der Waals surface area contributed by atoms with Gasteiger partial charge in [-0.25, -0.2) is 4.39 Å². The first-order valence-corrected chi connectivity index (χ1v) is 16.8. The highest BCUT2D eigenvalue weighted by atomic mass is 127. The van der Waals surface area contributed by atoms with Crippen LogP contribution in [0.25, 0.3) is 10.8 Å². The SMILES string of the molecule is Cc1cc([C@@H](C)Nc2ccccc2S(C)=NCC(F)(I)I)c2cc(N3CCN(CC(F)(F)F)CC3)n(C)c(=O)c2c1. The van der Waals surface area contributed by atoms with E-state index in [2.05, 4.69) is 15.7 Å². The molecular formula is C28H33F4I2N5OS. The number of rotatable bonds is 8. The van der Waals surface area contributed by atoms with E-state index in [1.54, 1.807) is 56.8 Å². The van der Waals surface area contributed by atoms with Crippen molar-refractivity contribution in [2.24, 2.45) is 11.4 Å². The Morgan fingerprint density at radius 2 is 1.71 bits per heavy atom. The standard InChI is InChI=1S/C28H33F4I2N5OS/c1-18-13-20(19(2)36-23-7-5-6-8-24(23)41(4)35-16-28(32,33)34)21-15-25(37(3)26(40)22(21)14-18)39-11-9-38(10-12-39)17-27(29,30)31/h5-8,13-15,19,36H,9-12,16-17H2,1-4H3/t19-,41?/m1/s1. The smallest absolute Gasteiger partial charge is 0.378 e. The number of halogens is 6. The fourth-order valence-corrected chi connectivity index (χ4v) is 7.15. The summed E-state index contributed by atoms with van der Waals surface area (Å²) < 4.78 is 57.5. The van der Waals surface area contributed by atoms with Crippen LogP contribution in [0.4, 0.5) is 29.1 Å². The number of hydrogen-bond acceptors (Lipinski definition) is 5. The second-order valence-corrected chi connectivity index (χ2v) is 17.4. The van der Waals surface area contributed by atoms with Crippen LogP contribution in [0.1, 0.15) is 24.1 Å². The van der Waals surface area contributed by atoms with Crippen molar-refractivity contribution in [2.45, 2.75) is 32.6 Å². The lowest BCUT2D eigenvalue weighted by molar-refractivity contribution is -0.146. The second kappa shape index (κ2) is 13.0. The van der Waals surface area contributed by atoms with Gasteiger partial charge < -0.3 is 10.2 Å². The Labute approximate surface area is 267 Å². The number of benzene rings is 2. The third-order valence-corrected chi connectivity index (χ3v) is 9.28. The van der Waals surface area contributed by atoms with Gasteiger partial charge in [-0.05, 0) is 106 Å². The average molecular weight is 817 g/mol. The largest absolute Gasteiger partial charge is 0.401 e. The molecule has 0 radical (unpaired) electrons. The van der Waals surface area contributed by atoms with Gasteiger partial charge in [0.1, 0.15) is 5.82 Å². The lowest BCUT2D eigenvalue weighted by atomic mass is 9.97. The van der Waals surface area contributed by atoms with Crippen molar-refractivity contribution in [2.75, 3.05) is 55.7 Å². The number of nitrogens with one attached hydrogen (secondary N) is 1. The Kier molecular flexibility index (Phi) is 10.3. The van der Waals surface area contributed by atoms with Gasteiger partial charge in [0, 0.05) is 55.2 Å². The zero-order chi connectivity index (χ0) is 30.1. The van der Waals surface area contributed by atoms with Crippen molar-refractivity contribution in [3.05, 3.63) is 63.9 Å². The van der Waals surface area contributed by atoms with Crippen LogP contribution >= 0.6 is 45.2 Å². The highest BCUT2D eigenvalue weighted by Gasteiger charge is 2.32. The quantitative estimate of drug-likeness (QED) is 0.152. The van der Waals surface area contributed by atoms with Crippen molar-refractivity contribution < 1.29 is 17.6 Å². The number of nitrogens with zero attached hydrogens (tertiary/aromatic N) is 4. The van der Waals surface area contributed by atoms with Crippen molar-refractivity contribution in [1.82, 2.24) is 9.47 Å². The van der Waals surface area contributed by atoms with Crippen LogP contribution < -0.4 is 15.8 Å². The minimum Gasteiger partial charge on any atom is -0.378 e. The molecule has 3 aromatic rings. The van der Waals surface area contributed by atoms with Gasteiger partial charge in [-0.1, -0.05) is 28.9 Å². The van der Waals surface area contributed by atoms with E-state index in [9.17, 15) is 22.4 Å². The number of pyridine rings is 1. The molecule has 1 saturated heterocycles. The van der Waals surface area contributed by atoms with Crippen LogP contribution in [0, 0.1) is 6.92 Å². The van der Waals surface area contributed by atoms with E-state index in [0.717, 1.165) is 27.1 Å². The maximum absolute atomic E-state index is 14.1. The van der Waals surface area contributed by atoms with Crippen LogP contribution in [0.2, 0.25) is 0 Å². The van der Waals surface area contributed by atoms with Crippen LogP contribution in [0.15, 0.2) is 56.5 Å². The first-order chi connectivity index (χ1) is 19.1. The Morgan fingerprint density at radius 3 is 2.34 bits per heavy atom. The van der Waals surface area contributed by atoms with Crippen LogP contribution in [-0.2, 0) is 17.7 Å². The summed E-state index contributed by atoms with van der Waals surface area (Å²) in [5, 5.41) is 5.00. The van der Waals surface area contributed by atoms with Crippen molar-refractivity contribution >= 4 is 78.2 Å². The first-order valence-electron chi connectivity index (χ1n) is 13.1. The van der Waals surface area contributed by atoms with Gasteiger partial charge in [0.2, 0.25) is 1.68 Å². The minimum atomic E-state index is -4.23. The molecule has 1 unspecified atom stereocenters. The van der Waals surface area contributed by atoms with Gasteiger partial charge in [-0.15, -0.1) is 0 Å². The van der Waals surface area contributed by atoms with Gasteiger partial charge in [-0.2, -0.15) is 13.2 Å². The third-order valence-electron chi connectivity index (χ3n) is 7.09. The van der Waals surface area contributed by atoms with Crippen LogP contribution in [0.3, 0.4) is 0 Å². The number of alkyl halides is 6. The second-order valence-electron chi connectivity index (χ2n) is 10.3. The predicted molar refractivity (Wildman–Crippen MR) is 178 cm³/mol. The average Bonchev–Trinajstić information content (AvgIpc) is 2.88. The minimum absolute atomic E-state index is 0.0800. The molecule has 2 aromatic carbocycles. The molecule has 4 rings (SSSR count). The molecule has 2 atom stereocenters. The number of para-hydroxylation sites is 1. The van der Waals surface area contributed by atoms with Gasteiger partial charge in [0.15, 0.2) is 0 Å². The number of fused-ring (bicyclic) bond motifs is 1. The lowest BCUT2D eigenvalue weighted by Crippen LogP contribution is -2.50. The maximum Gasteiger partial charge on any atom is 0.401 e. The molecular weight excluding hydrogens is 784 g/mol. The normalized spacial score (nSPS) is 16.8. The van der Waals surface area contributed by atoms with E-state index in [1.807, 2.05) is 61.4 Å². The summed E-state index contributed by atoms with van der Waals surface area (Å²) in [4.78, 5) is 17.9. The topological polar surface area (TPSA) is 52.9 Å². The summed E-state index contributed by atoms with van der Waals surface area (Å²) in [6, 6.07) is 13.6. The van der Waals surface area contributed by atoms with E-state index in [4.69, 9.17) is 0 Å². The zero-order valence-electron chi connectivity index (χ0n) is 23.2. The fraction of sp³-hybridized carbons (Fsp3) is 0.464. The number of piperazine rings is 1. The Morgan fingerprint density at radius 1 is 1.05 bits per heavy atom. The molecule has 224 valence electrons. The third kappa shape index (κ3) is 8.34. The summed E-state index contributed by atoms with van der Waals surface area (Å²) in [5.41, 5.74) is 2.64. The molecule has 0 bridgehead atoms. The molecule has 41 heavy (non-hydrogen) atoms. The molecule has 1 N–H and O–H groups in total. The summed E-state index contributed by atoms with van der Waals surface area (Å²) in [6.45, 7) is 4.47. The molecule has 1 aliphatic rings. The van der Waals surface area contributed by atoms with Gasteiger partial charge in [0.25, 0.3) is 5.56 Å². The van der Waals surface area contributed by atoms with E-state index in [0.29, 0.717) is 24.3 Å². The number of hydrogen-bond donors (Lipinski definition) is 1. The van der Waals surface area contributed by atoms with Crippen LogP contribution in [-0.4, -0.2) is 62.8 Å². The van der Waals surface area contributed by atoms with E-state index in [-0.39, 0.29) is 31.2 Å². The summed E-state index contributed by atoms with van der Waals surface area (Å²) >= 11 is 3.49. The molecule has 1 aromatic heterocycles. The lowest BCUT2D eigenvalue weighted by Gasteiger charge is -2.37. The Hall–Kier alpha value is -1.46. The van der Waals surface area contributed by atoms with E-state index >= 15 is 0 Å². The van der Waals surface area contributed by atoms with Gasteiger partial charge in [-0.3, -0.25) is 18.6 Å². The molecule has 0 amide bonds. The molecule has 6 nitrogen and oxygen atoms in total. The van der Waals surface area contributed by atoms with E-state index in [1.165, 1.54) is 4.90 Å². The molecule has 0 saturated carbocycles.